The van der Waals surface area contributed by atoms with E-state index in [-0.39, 0.29) is 11.5 Å². The van der Waals surface area contributed by atoms with E-state index in [2.05, 4.69) is 16.3 Å². The predicted molar refractivity (Wildman–Crippen MR) is 97.3 cm³/mol. The monoisotopic (exact) mass is 341 g/mol. The molecule has 0 aliphatic carbocycles. The zero-order valence-corrected chi connectivity index (χ0v) is 14.6. The average molecular weight is 341 g/mol. The minimum Gasteiger partial charge on any atom is -0.497 e. The molecule has 1 amide bonds. The molecule has 0 radical (unpaired) electrons. The van der Waals surface area contributed by atoms with Crippen molar-refractivity contribution in [3.63, 3.8) is 0 Å². The van der Waals surface area contributed by atoms with Crippen LogP contribution in [0.25, 0.3) is 0 Å². The summed E-state index contributed by atoms with van der Waals surface area (Å²) in [6.07, 6.45) is 2.60. The number of carbonyl (C=O) groups excluding carboxylic acids is 1. The molecule has 1 aliphatic rings. The molecule has 1 aromatic heterocycles. The van der Waals surface area contributed by atoms with Crippen molar-refractivity contribution in [2.24, 2.45) is 13.0 Å². The molecule has 25 heavy (non-hydrogen) atoms. The van der Waals surface area contributed by atoms with Crippen LogP contribution in [0.4, 0.5) is 5.69 Å². The van der Waals surface area contributed by atoms with Gasteiger partial charge in [-0.15, -0.1) is 0 Å². The van der Waals surface area contributed by atoms with Gasteiger partial charge in [-0.1, -0.05) is 6.07 Å². The summed E-state index contributed by atoms with van der Waals surface area (Å²) in [6.45, 7) is 2.50. The summed E-state index contributed by atoms with van der Waals surface area (Å²) >= 11 is 0. The lowest BCUT2D eigenvalue weighted by molar-refractivity contribution is 0.0947. The van der Waals surface area contributed by atoms with E-state index in [1.165, 1.54) is 10.6 Å². The molecule has 1 saturated heterocycles. The first-order chi connectivity index (χ1) is 12.1. The van der Waals surface area contributed by atoms with E-state index in [0.29, 0.717) is 18.0 Å². The number of nitrogens with one attached hydrogen (secondary N) is 1. The molecule has 6 heteroatoms. The number of amides is 1. The molecular formula is C19H23N3O3. The van der Waals surface area contributed by atoms with Gasteiger partial charge in [0.05, 0.1) is 12.7 Å². The van der Waals surface area contributed by atoms with E-state index in [9.17, 15) is 9.59 Å². The van der Waals surface area contributed by atoms with Crippen LogP contribution in [-0.2, 0) is 7.05 Å². The van der Waals surface area contributed by atoms with Gasteiger partial charge in [0.15, 0.2) is 0 Å². The number of pyridine rings is 1. The van der Waals surface area contributed by atoms with Gasteiger partial charge in [0, 0.05) is 50.7 Å². The van der Waals surface area contributed by atoms with Crippen LogP contribution in [0.3, 0.4) is 0 Å². The molecule has 0 bridgehead atoms. The Hall–Kier alpha value is -2.76. The molecule has 2 heterocycles. The number of methoxy groups -OCH3 is 1. The van der Waals surface area contributed by atoms with Crippen LogP contribution < -0.4 is 20.5 Å². The molecule has 132 valence electrons. The van der Waals surface area contributed by atoms with Gasteiger partial charge in [-0.05, 0) is 30.5 Å². The van der Waals surface area contributed by atoms with Crippen LogP contribution in [-0.4, -0.2) is 37.2 Å². The third-order valence-corrected chi connectivity index (χ3v) is 4.60. The zero-order valence-electron chi connectivity index (χ0n) is 14.6. The lowest BCUT2D eigenvalue weighted by atomic mass is 10.1. The van der Waals surface area contributed by atoms with E-state index >= 15 is 0 Å². The number of aryl methyl sites for hydroxylation is 1. The predicted octanol–water partition coefficient (Wildman–Crippen LogP) is 1.65. The normalized spacial score (nSPS) is 16.7. The molecule has 1 aliphatic heterocycles. The lowest BCUT2D eigenvalue weighted by Crippen LogP contribution is -2.31. The third-order valence-electron chi connectivity index (χ3n) is 4.60. The number of ether oxygens (including phenoxy) is 1. The summed E-state index contributed by atoms with van der Waals surface area (Å²) in [4.78, 5) is 25.9. The molecule has 1 N–H and O–H groups in total. The highest BCUT2D eigenvalue weighted by molar-refractivity contribution is 5.93. The number of aromatic nitrogens is 1. The number of rotatable bonds is 5. The van der Waals surface area contributed by atoms with Gasteiger partial charge in [-0.3, -0.25) is 9.59 Å². The fourth-order valence-electron chi connectivity index (χ4n) is 3.11. The van der Waals surface area contributed by atoms with Crippen molar-refractivity contribution in [2.45, 2.75) is 6.42 Å². The first-order valence-corrected chi connectivity index (χ1v) is 8.40. The Morgan fingerprint density at radius 2 is 2.16 bits per heavy atom. The second-order valence-corrected chi connectivity index (χ2v) is 6.38. The van der Waals surface area contributed by atoms with Crippen molar-refractivity contribution >= 4 is 11.6 Å². The Labute approximate surface area is 147 Å². The van der Waals surface area contributed by atoms with E-state index in [1.54, 1.807) is 26.4 Å². The van der Waals surface area contributed by atoms with Crippen LogP contribution >= 0.6 is 0 Å². The first-order valence-electron chi connectivity index (χ1n) is 8.40. The van der Waals surface area contributed by atoms with Gasteiger partial charge >= 0.3 is 0 Å². The van der Waals surface area contributed by atoms with Gasteiger partial charge in [-0.2, -0.15) is 0 Å². The highest BCUT2D eigenvalue weighted by Gasteiger charge is 2.23. The second kappa shape index (κ2) is 7.42. The summed E-state index contributed by atoms with van der Waals surface area (Å²) in [5, 5.41) is 2.98. The molecule has 0 spiro atoms. The van der Waals surface area contributed by atoms with Crippen molar-refractivity contribution in [3.05, 3.63) is 58.5 Å². The Balaban J connectivity index is 1.55. The standard InChI is InChI=1S/C19H23N3O3/c1-21-13-15(6-7-18(21)23)19(24)20-11-14-8-9-22(12-14)16-4-3-5-17(10-16)25-2/h3-7,10,13-14H,8-9,11-12H2,1-2H3,(H,20,24)/t14-/m0/s1. The SMILES string of the molecule is COc1cccc(N2CC[C@@H](CNC(=O)c3ccc(=O)n(C)c3)C2)c1. The van der Waals surface area contributed by atoms with Crippen LogP contribution in [0.15, 0.2) is 47.4 Å². The number of hydrogen-bond donors (Lipinski definition) is 1. The maximum atomic E-state index is 12.2. The third kappa shape index (κ3) is 4.02. The average Bonchev–Trinajstić information content (AvgIpc) is 3.11. The minimum absolute atomic E-state index is 0.124. The topological polar surface area (TPSA) is 63.6 Å². The van der Waals surface area contributed by atoms with Crippen LogP contribution in [0.1, 0.15) is 16.8 Å². The van der Waals surface area contributed by atoms with Gasteiger partial charge in [0.2, 0.25) is 5.56 Å². The number of nitrogens with zero attached hydrogens (tertiary/aromatic N) is 2. The number of anilines is 1. The van der Waals surface area contributed by atoms with E-state index < -0.39 is 0 Å². The maximum Gasteiger partial charge on any atom is 0.252 e. The molecule has 6 nitrogen and oxygen atoms in total. The molecule has 3 rings (SSSR count). The summed E-state index contributed by atoms with van der Waals surface area (Å²) in [7, 11) is 3.31. The van der Waals surface area contributed by atoms with E-state index in [0.717, 1.165) is 30.9 Å². The van der Waals surface area contributed by atoms with Crippen molar-refractivity contribution in [2.75, 3.05) is 31.6 Å². The summed E-state index contributed by atoms with van der Waals surface area (Å²) in [6, 6.07) is 11.0. The van der Waals surface area contributed by atoms with Gasteiger partial charge < -0.3 is 19.5 Å². The van der Waals surface area contributed by atoms with Gasteiger partial charge in [0.1, 0.15) is 5.75 Å². The largest absolute Gasteiger partial charge is 0.497 e. The molecule has 0 unspecified atom stereocenters. The molecule has 2 aromatic rings. The highest BCUT2D eigenvalue weighted by atomic mass is 16.5. The summed E-state index contributed by atoms with van der Waals surface area (Å²) < 4.78 is 6.69. The molecule has 1 atom stereocenters. The van der Waals surface area contributed by atoms with Crippen molar-refractivity contribution in [3.8, 4) is 5.75 Å². The van der Waals surface area contributed by atoms with Gasteiger partial charge in [0.25, 0.3) is 5.91 Å². The summed E-state index contributed by atoms with van der Waals surface area (Å²) in [5.74, 6) is 1.11. The maximum absolute atomic E-state index is 12.2. The van der Waals surface area contributed by atoms with E-state index in [4.69, 9.17) is 4.74 Å². The molecule has 1 fully saturated rings. The summed E-state index contributed by atoms with van der Waals surface area (Å²) in [5.41, 5.74) is 1.53. The Morgan fingerprint density at radius 1 is 1.32 bits per heavy atom. The van der Waals surface area contributed by atoms with Gasteiger partial charge in [-0.25, -0.2) is 0 Å². The molecule has 1 aromatic carbocycles. The van der Waals surface area contributed by atoms with Crippen LogP contribution in [0.2, 0.25) is 0 Å². The highest BCUT2D eigenvalue weighted by Crippen LogP contribution is 2.26. The van der Waals surface area contributed by atoms with Crippen LogP contribution in [0, 0.1) is 5.92 Å². The lowest BCUT2D eigenvalue weighted by Gasteiger charge is -2.19. The molecular weight excluding hydrogens is 318 g/mol. The number of benzene rings is 1. The Kier molecular flexibility index (Phi) is 5.07. The van der Waals surface area contributed by atoms with Crippen molar-refractivity contribution in [1.82, 2.24) is 9.88 Å². The fourth-order valence-corrected chi connectivity index (χ4v) is 3.11. The van der Waals surface area contributed by atoms with Crippen molar-refractivity contribution in [1.29, 1.82) is 0 Å². The first kappa shape index (κ1) is 17.1. The Morgan fingerprint density at radius 3 is 2.92 bits per heavy atom. The second-order valence-electron chi connectivity index (χ2n) is 6.38. The molecule has 0 saturated carbocycles. The zero-order chi connectivity index (χ0) is 17.8. The van der Waals surface area contributed by atoms with E-state index in [1.807, 2.05) is 18.2 Å². The number of carbonyl (C=O) groups is 1. The van der Waals surface area contributed by atoms with Crippen molar-refractivity contribution < 1.29 is 9.53 Å². The number of hydrogen-bond acceptors (Lipinski definition) is 4. The smallest absolute Gasteiger partial charge is 0.252 e. The quantitative estimate of drug-likeness (QED) is 0.898. The Bertz CT molecular complexity index is 816. The minimum atomic E-state index is -0.143. The fraction of sp³-hybridized carbons (Fsp3) is 0.368. The van der Waals surface area contributed by atoms with Crippen LogP contribution in [0.5, 0.6) is 5.75 Å².